The predicted octanol–water partition coefficient (Wildman–Crippen LogP) is 1.36. The van der Waals surface area contributed by atoms with Gasteiger partial charge in [0.2, 0.25) is 11.8 Å². The average Bonchev–Trinajstić information content (AvgIpc) is 3.04. The number of likely N-dealkylation sites (tertiary alicyclic amines) is 1. The maximum atomic E-state index is 12.5. The number of nitrogens with zero attached hydrogens (tertiary/aromatic N) is 2. The third-order valence-corrected chi connectivity index (χ3v) is 4.65. The van der Waals surface area contributed by atoms with E-state index < -0.39 is 5.92 Å². The molecule has 0 saturated carbocycles. The van der Waals surface area contributed by atoms with E-state index in [2.05, 4.69) is 15.9 Å². The largest absolute Gasteiger partial charge is 0.340 e. The molecule has 2 aliphatic rings. The first-order valence-corrected chi connectivity index (χ1v) is 7.97. The van der Waals surface area contributed by atoms with Crippen LogP contribution in [0.1, 0.15) is 12.8 Å². The summed E-state index contributed by atoms with van der Waals surface area (Å²) in [6, 6.07) is 7.64. The Morgan fingerprint density at radius 1 is 1.29 bits per heavy atom. The minimum absolute atomic E-state index is 0.0478. The first-order valence-electron chi connectivity index (χ1n) is 7.17. The van der Waals surface area contributed by atoms with Gasteiger partial charge in [0, 0.05) is 35.8 Å². The molecule has 1 aromatic carbocycles. The van der Waals surface area contributed by atoms with Crippen LogP contribution in [0.2, 0.25) is 0 Å². The molecule has 0 bridgehead atoms. The van der Waals surface area contributed by atoms with Crippen molar-refractivity contribution in [2.45, 2.75) is 18.9 Å². The van der Waals surface area contributed by atoms with Crippen LogP contribution in [-0.4, -0.2) is 42.4 Å². The molecule has 2 N–H and O–H groups in total. The molecule has 21 heavy (non-hydrogen) atoms. The van der Waals surface area contributed by atoms with Crippen molar-refractivity contribution in [2.24, 2.45) is 11.7 Å². The number of benzene rings is 1. The lowest BCUT2D eigenvalue weighted by Crippen LogP contribution is -2.40. The van der Waals surface area contributed by atoms with Crippen LogP contribution in [0.25, 0.3) is 0 Å². The lowest BCUT2D eigenvalue weighted by Gasteiger charge is -2.20. The van der Waals surface area contributed by atoms with Crippen LogP contribution in [0.3, 0.4) is 0 Å². The van der Waals surface area contributed by atoms with Crippen molar-refractivity contribution in [1.29, 1.82) is 0 Å². The highest BCUT2D eigenvalue weighted by atomic mass is 79.9. The van der Waals surface area contributed by atoms with Crippen molar-refractivity contribution in [1.82, 2.24) is 4.90 Å². The van der Waals surface area contributed by atoms with Crippen LogP contribution in [0.15, 0.2) is 28.7 Å². The zero-order valence-electron chi connectivity index (χ0n) is 11.7. The number of carbonyl (C=O) groups is 2. The van der Waals surface area contributed by atoms with Gasteiger partial charge in [-0.05, 0) is 31.0 Å². The molecule has 0 unspecified atom stereocenters. The number of hydrogen-bond acceptors (Lipinski definition) is 3. The maximum Gasteiger partial charge on any atom is 0.239 e. The molecule has 2 saturated heterocycles. The van der Waals surface area contributed by atoms with Crippen molar-refractivity contribution in [2.75, 3.05) is 24.5 Å². The van der Waals surface area contributed by atoms with Crippen LogP contribution < -0.4 is 10.6 Å². The molecule has 0 aliphatic carbocycles. The molecule has 2 amide bonds. The van der Waals surface area contributed by atoms with Gasteiger partial charge in [0.15, 0.2) is 0 Å². The molecule has 2 heterocycles. The van der Waals surface area contributed by atoms with Gasteiger partial charge in [-0.3, -0.25) is 9.59 Å². The SMILES string of the molecule is N[C@H]1CCN(C(=O)[C@H]2CCN(c3cccc(Br)c3)C2=O)C1. The normalized spacial score (nSPS) is 25.7. The Labute approximate surface area is 132 Å². The fourth-order valence-electron chi connectivity index (χ4n) is 3.02. The Morgan fingerprint density at radius 2 is 2.10 bits per heavy atom. The number of hydrogen-bond donors (Lipinski definition) is 1. The second-order valence-electron chi connectivity index (χ2n) is 5.64. The second-order valence-corrected chi connectivity index (χ2v) is 6.56. The molecule has 2 atom stereocenters. The van der Waals surface area contributed by atoms with Gasteiger partial charge in [-0.1, -0.05) is 22.0 Å². The van der Waals surface area contributed by atoms with Gasteiger partial charge in [-0.2, -0.15) is 0 Å². The summed E-state index contributed by atoms with van der Waals surface area (Å²) >= 11 is 3.41. The summed E-state index contributed by atoms with van der Waals surface area (Å²) in [5.41, 5.74) is 6.67. The van der Waals surface area contributed by atoms with E-state index in [1.165, 1.54) is 0 Å². The van der Waals surface area contributed by atoms with Gasteiger partial charge in [-0.25, -0.2) is 0 Å². The molecular weight excluding hydrogens is 334 g/mol. The predicted molar refractivity (Wildman–Crippen MR) is 83.8 cm³/mol. The van der Waals surface area contributed by atoms with Crippen LogP contribution in [0.5, 0.6) is 0 Å². The second kappa shape index (κ2) is 5.77. The van der Waals surface area contributed by atoms with E-state index in [9.17, 15) is 9.59 Å². The van der Waals surface area contributed by atoms with E-state index in [1.54, 1.807) is 9.80 Å². The van der Waals surface area contributed by atoms with E-state index in [4.69, 9.17) is 5.73 Å². The third-order valence-electron chi connectivity index (χ3n) is 4.16. The van der Waals surface area contributed by atoms with E-state index in [-0.39, 0.29) is 17.9 Å². The number of halogens is 1. The monoisotopic (exact) mass is 351 g/mol. The van der Waals surface area contributed by atoms with Crippen molar-refractivity contribution in [3.8, 4) is 0 Å². The number of anilines is 1. The highest BCUT2D eigenvalue weighted by Gasteiger charge is 2.40. The molecule has 2 fully saturated rings. The summed E-state index contributed by atoms with van der Waals surface area (Å²) in [6.45, 7) is 1.83. The summed E-state index contributed by atoms with van der Waals surface area (Å²) in [6.07, 6.45) is 1.40. The van der Waals surface area contributed by atoms with Crippen molar-refractivity contribution < 1.29 is 9.59 Å². The molecule has 3 rings (SSSR count). The average molecular weight is 352 g/mol. The quantitative estimate of drug-likeness (QED) is 0.818. The first kappa shape index (κ1) is 14.5. The van der Waals surface area contributed by atoms with E-state index in [0.29, 0.717) is 26.1 Å². The minimum atomic E-state index is -0.547. The molecule has 5 nitrogen and oxygen atoms in total. The lowest BCUT2D eigenvalue weighted by atomic mass is 10.1. The highest BCUT2D eigenvalue weighted by molar-refractivity contribution is 9.10. The summed E-state index contributed by atoms with van der Waals surface area (Å²) in [4.78, 5) is 28.4. The Kier molecular flexibility index (Phi) is 3.99. The number of amides is 2. The summed E-state index contributed by atoms with van der Waals surface area (Å²) in [5.74, 6) is -0.710. The van der Waals surface area contributed by atoms with Crippen LogP contribution >= 0.6 is 15.9 Å². The molecule has 112 valence electrons. The van der Waals surface area contributed by atoms with Crippen molar-refractivity contribution in [3.63, 3.8) is 0 Å². The van der Waals surface area contributed by atoms with Gasteiger partial charge in [0.1, 0.15) is 5.92 Å². The Hall–Kier alpha value is -1.40. The molecule has 0 aromatic heterocycles. The lowest BCUT2D eigenvalue weighted by molar-refractivity contribution is -0.139. The summed E-state index contributed by atoms with van der Waals surface area (Å²) in [5, 5.41) is 0. The Balaban J connectivity index is 1.73. The zero-order chi connectivity index (χ0) is 15.0. The molecule has 1 aromatic rings. The van der Waals surface area contributed by atoms with Gasteiger partial charge in [-0.15, -0.1) is 0 Å². The van der Waals surface area contributed by atoms with Crippen LogP contribution in [0.4, 0.5) is 5.69 Å². The standard InChI is InChI=1S/C15H18BrN3O2/c16-10-2-1-3-12(8-10)19-7-5-13(15(19)21)14(20)18-6-4-11(17)9-18/h1-3,8,11,13H,4-7,9,17H2/t11-,13+/m0/s1. The van der Waals surface area contributed by atoms with Crippen LogP contribution in [-0.2, 0) is 9.59 Å². The first-order chi connectivity index (χ1) is 10.1. The molecule has 2 aliphatic heterocycles. The topological polar surface area (TPSA) is 66.6 Å². The van der Waals surface area contributed by atoms with Gasteiger partial charge >= 0.3 is 0 Å². The molecule has 6 heteroatoms. The fraction of sp³-hybridized carbons (Fsp3) is 0.467. The number of carbonyl (C=O) groups excluding carboxylic acids is 2. The Bertz CT molecular complexity index is 578. The van der Waals surface area contributed by atoms with Crippen molar-refractivity contribution in [3.05, 3.63) is 28.7 Å². The molecule has 0 radical (unpaired) electrons. The smallest absolute Gasteiger partial charge is 0.239 e. The fourth-order valence-corrected chi connectivity index (χ4v) is 3.40. The molecule has 0 spiro atoms. The Morgan fingerprint density at radius 3 is 2.76 bits per heavy atom. The minimum Gasteiger partial charge on any atom is -0.340 e. The summed E-state index contributed by atoms with van der Waals surface area (Å²) in [7, 11) is 0. The molecular formula is C15H18BrN3O2. The zero-order valence-corrected chi connectivity index (χ0v) is 13.3. The summed E-state index contributed by atoms with van der Waals surface area (Å²) < 4.78 is 0.924. The van der Waals surface area contributed by atoms with E-state index >= 15 is 0 Å². The van der Waals surface area contributed by atoms with E-state index in [0.717, 1.165) is 16.6 Å². The highest BCUT2D eigenvalue weighted by Crippen LogP contribution is 2.29. The van der Waals surface area contributed by atoms with Crippen LogP contribution in [0, 0.1) is 5.92 Å². The van der Waals surface area contributed by atoms with Gasteiger partial charge in [0.25, 0.3) is 0 Å². The van der Waals surface area contributed by atoms with Crippen molar-refractivity contribution >= 4 is 33.4 Å². The maximum absolute atomic E-state index is 12.5. The number of nitrogens with two attached hydrogens (primary N) is 1. The van der Waals surface area contributed by atoms with Gasteiger partial charge in [0.05, 0.1) is 0 Å². The third kappa shape index (κ3) is 2.82. The number of rotatable bonds is 2. The van der Waals surface area contributed by atoms with E-state index in [1.807, 2.05) is 24.3 Å². The van der Waals surface area contributed by atoms with Gasteiger partial charge < -0.3 is 15.5 Å².